The molecule has 1 fully saturated rings. The molecule has 0 spiro atoms. The van der Waals surface area contributed by atoms with Crippen molar-refractivity contribution < 1.29 is 9.53 Å². The van der Waals surface area contributed by atoms with Gasteiger partial charge in [-0.15, -0.1) is 0 Å². The average Bonchev–Trinajstić information content (AvgIpc) is 2.68. The van der Waals surface area contributed by atoms with Crippen LogP contribution in [0.1, 0.15) is 35.8 Å². The van der Waals surface area contributed by atoms with Gasteiger partial charge >= 0.3 is 0 Å². The van der Waals surface area contributed by atoms with Crippen LogP contribution in [-0.2, 0) is 0 Å². The smallest absolute Gasteiger partial charge is 0.255 e. The zero-order chi connectivity index (χ0) is 18.5. The van der Waals surface area contributed by atoms with Gasteiger partial charge in [0, 0.05) is 50.2 Å². The fraction of sp³-hybridized carbons (Fsp3) is 0.474. The van der Waals surface area contributed by atoms with Crippen molar-refractivity contribution in [3.63, 3.8) is 0 Å². The number of carbonyl (C=O) groups is 1. The third kappa shape index (κ3) is 4.09. The first-order valence-electron chi connectivity index (χ1n) is 8.98. The third-order valence-electron chi connectivity index (χ3n) is 4.73. The van der Waals surface area contributed by atoms with E-state index in [2.05, 4.69) is 26.9 Å². The summed E-state index contributed by atoms with van der Waals surface area (Å²) < 4.78 is 5.32. The van der Waals surface area contributed by atoms with Crippen LogP contribution in [0.3, 0.4) is 0 Å². The van der Waals surface area contributed by atoms with E-state index in [0.717, 1.165) is 37.4 Å². The Labute approximate surface area is 154 Å². The molecule has 26 heavy (non-hydrogen) atoms. The van der Waals surface area contributed by atoms with Gasteiger partial charge in [-0.1, -0.05) is 0 Å². The first-order valence-corrected chi connectivity index (χ1v) is 8.98. The number of nitrogens with zero attached hydrogens (tertiary/aromatic N) is 5. The van der Waals surface area contributed by atoms with Crippen LogP contribution in [0.2, 0.25) is 0 Å². The fourth-order valence-corrected chi connectivity index (χ4v) is 3.20. The second-order valence-electron chi connectivity index (χ2n) is 6.47. The summed E-state index contributed by atoms with van der Waals surface area (Å²) >= 11 is 0. The maximum absolute atomic E-state index is 12.7. The van der Waals surface area contributed by atoms with Crippen LogP contribution < -0.4 is 9.64 Å². The Bertz CT molecular complexity index is 742. The Morgan fingerprint density at radius 3 is 2.65 bits per heavy atom. The van der Waals surface area contributed by atoms with Crippen molar-refractivity contribution in [2.45, 2.75) is 32.7 Å². The first-order chi connectivity index (χ1) is 12.6. The topological polar surface area (TPSA) is 71.5 Å². The lowest BCUT2D eigenvalue weighted by atomic mass is 10.0. The SMILES string of the molecule is CCOc1ccc(C(=O)N2CCC(N(C)c3cc(C)ncn3)CC2)cn1. The lowest BCUT2D eigenvalue weighted by Gasteiger charge is -2.37. The quantitative estimate of drug-likeness (QED) is 0.820. The molecule has 1 amide bonds. The number of pyridine rings is 1. The normalized spacial score (nSPS) is 15.0. The number of aryl methyl sites for hydroxylation is 1. The van der Waals surface area contributed by atoms with Gasteiger partial charge in [-0.05, 0) is 32.8 Å². The van der Waals surface area contributed by atoms with Crippen LogP contribution in [0.5, 0.6) is 5.88 Å². The van der Waals surface area contributed by atoms with Crippen molar-refractivity contribution in [2.24, 2.45) is 0 Å². The van der Waals surface area contributed by atoms with E-state index >= 15 is 0 Å². The number of amides is 1. The molecule has 1 aliphatic rings. The highest BCUT2D eigenvalue weighted by atomic mass is 16.5. The van der Waals surface area contributed by atoms with Crippen molar-refractivity contribution in [3.8, 4) is 5.88 Å². The molecule has 0 aromatic carbocycles. The number of carbonyl (C=O) groups excluding carboxylic acids is 1. The Kier molecular flexibility index (Phi) is 5.65. The third-order valence-corrected chi connectivity index (χ3v) is 4.73. The van der Waals surface area contributed by atoms with Crippen molar-refractivity contribution in [1.82, 2.24) is 19.9 Å². The molecule has 1 saturated heterocycles. The van der Waals surface area contributed by atoms with Crippen molar-refractivity contribution >= 4 is 11.7 Å². The molecule has 1 aliphatic heterocycles. The Morgan fingerprint density at radius 2 is 2.04 bits per heavy atom. The van der Waals surface area contributed by atoms with E-state index in [1.54, 1.807) is 24.7 Å². The van der Waals surface area contributed by atoms with Gasteiger partial charge in [0.05, 0.1) is 12.2 Å². The summed E-state index contributed by atoms with van der Waals surface area (Å²) in [6, 6.07) is 5.88. The summed E-state index contributed by atoms with van der Waals surface area (Å²) in [5.41, 5.74) is 1.56. The number of aromatic nitrogens is 3. The molecule has 0 atom stereocenters. The highest BCUT2D eigenvalue weighted by Gasteiger charge is 2.26. The molecular weight excluding hydrogens is 330 g/mol. The van der Waals surface area contributed by atoms with Crippen molar-refractivity contribution in [2.75, 3.05) is 31.6 Å². The molecule has 0 radical (unpaired) electrons. The van der Waals surface area contributed by atoms with Gasteiger partial charge < -0.3 is 14.5 Å². The van der Waals surface area contributed by atoms with Gasteiger partial charge in [0.2, 0.25) is 5.88 Å². The first kappa shape index (κ1) is 18.1. The molecule has 2 aromatic rings. The number of likely N-dealkylation sites (tertiary alicyclic amines) is 1. The lowest BCUT2D eigenvalue weighted by Crippen LogP contribution is -2.46. The molecule has 0 bridgehead atoms. The van der Waals surface area contributed by atoms with E-state index in [1.165, 1.54) is 0 Å². The zero-order valence-corrected chi connectivity index (χ0v) is 15.6. The standard InChI is InChI=1S/C19H25N5O2/c1-4-26-18-6-5-15(12-20-18)19(25)24-9-7-16(8-10-24)23(3)17-11-14(2)21-13-22-17/h5-6,11-13,16H,4,7-10H2,1-3H3. The van der Waals surface area contributed by atoms with Crippen LogP contribution >= 0.6 is 0 Å². The maximum atomic E-state index is 12.7. The largest absolute Gasteiger partial charge is 0.478 e. The number of piperidine rings is 1. The fourth-order valence-electron chi connectivity index (χ4n) is 3.20. The molecule has 7 nitrogen and oxygen atoms in total. The highest BCUT2D eigenvalue weighted by molar-refractivity contribution is 5.94. The van der Waals surface area contributed by atoms with Crippen LogP contribution in [0, 0.1) is 6.92 Å². The Morgan fingerprint density at radius 1 is 1.27 bits per heavy atom. The minimum Gasteiger partial charge on any atom is -0.478 e. The minimum atomic E-state index is 0.0273. The van der Waals surface area contributed by atoms with E-state index in [-0.39, 0.29) is 5.91 Å². The van der Waals surface area contributed by atoms with Gasteiger partial charge in [-0.25, -0.2) is 15.0 Å². The number of hydrogen-bond acceptors (Lipinski definition) is 6. The summed E-state index contributed by atoms with van der Waals surface area (Å²) in [5, 5.41) is 0. The summed E-state index contributed by atoms with van der Waals surface area (Å²) in [5.74, 6) is 1.50. The highest BCUT2D eigenvalue weighted by Crippen LogP contribution is 2.22. The molecule has 3 heterocycles. The molecule has 138 valence electrons. The molecule has 2 aromatic heterocycles. The predicted octanol–water partition coefficient (Wildman–Crippen LogP) is 2.32. The van der Waals surface area contributed by atoms with Gasteiger partial charge in [-0.3, -0.25) is 4.79 Å². The van der Waals surface area contributed by atoms with E-state index in [4.69, 9.17) is 4.74 Å². The molecule has 3 rings (SSSR count). The Hall–Kier alpha value is -2.70. The van der Waals surface area contributed by atoms with Crippen LogP contribution in [0.4, 0.5) is 5.82 Å². The molecule has 0 N–H and O–H groups in total. The van der Waals surface area contributed by atoms with E-state index in [1.807, 2.05) is 24.8 Å². The van der Waals surface area contributed by atoms with Gasteiger partial charge in [0.25, 0.3) is 5.91 Å². The molecule has 0 aliphatic carbocycles. The van der Waals surface area contributed by atoms with Crippen LogP contribution in [0.25, 0.3) is 0 Å². The van der Waals surface area contributed by atoms with Gasteiger partial charge in [0.1, 0.15) is 12.1 Å². The van der Waals surface area contributed by atoms with Gasteiger partial charge in [0.15, 0.2) is 0 Å². The van der Waals surface area contributed by atoms with Crippen LogP contribution in [-0.4, -0.2) is 58.5 Å². The summed E-state index contributed by atoms with van der Waals surface area (Å²) in [6.45, 7) is 5.89. The second kappa shape index (κ2) is 8.12. The average molecular weight is 355 g/mol. The Balaban J connectivity index is 1.58. The number of ether oxygens (including phenoxy) is 1. The van der Waals surface area contributed by atoms with E-state index in [0.29, 0.717) is 24.1 Å². The van der Waals surface area contributed by atoms with Crippen LogP contribution in [0.15, 0.2) is 30.7 Å². The van der Waals surface area contributed by atoms with Crippen molar-refractivity contribution in [3.05, 3.63) is 42.0 Å². The molecule has 0 saturated carbocycles. The molecular formula is C19H25N5O2. The summed E-state index contributed by atoms with van der Waals surface area (Å²) in [7, 11) is 2.06. The zero-order valence-electron chi connectivity index (χ0n) is 15.6. The summed E-state index contributed by atoms with van der Waals surface area (Å²) in [6.07, 6.45) is 5.01. The predicted molar refractivity (Wildman–Crippen MR) is 99.5 cm³/mol. The van der Waals surface area contributed by atoms with E-state index < -0.39 is 0 Å². The monoisotopic (exact) mass is 355 g/mol. The molecule has 7 heteroatoms. The van der Waals surface area contributed by atoms with E-state index in [9.17, 15) is 4.79 Å². The second-order valence-corrected chi connectivity index (χ2v) is 6.47. The lowest BCUT2D eigenvalue weighted by molar-refractivity contribution is 0.0712. The molecule has 0 unspecified atom stereocenters. The summed E-state index contributed by atoms with van der Waals surface area (Å²) in [4.78, 5) is 29.4. The number of hydrogen-bond donors (Lipinski definition) is 0. The van der Waals surface area contributed by atoms with Gasteiger partial charge in [-0.2, -0.15) is 0 Å². The minimum absolute atomic E-state index is 0.0273. The number of rotatable bonds is 5. The maximum Gasteiger partial charge on any atom is 0.255 e. The van der Waals surface area contributed by atoms with Crippen molar-refractivity contribution in [1.29, 1.82) is 0 Å². The number of anilines is 1.